The Morgan fingerprint density at radius 1 is 1.57 bits per heavy atom. The minimum absolute atomic E-state index is 0.504. The van der Waals surface area contributed by atoms with Crippen LogP contribution in [-0.4, -0.2) is 16.4 Å². The lowest BCUT2D eigenvalue weighted by atomic mass is 10.1. The number of hydrogen-bond donors (Lipinski definition) is 0. The molecule has 2 rings (SSSR count). The second-order valence-electron chi connectivity index (χ2n) is 4.52. The molecule has 1 aliphatic heterocycles. The summed E-state index contributed by atoms with van der Waals surface area (Å²) in [6.07, 6.45) is 0. The van der Waals surface area contributed by atoms with Gasteiger partial charge in [-0.1, -0.05) is 20.8 Å². The van der Waals surface area contributed by atoms with Crippen molar-refractivity contribution in [2.75, 3.05) is 6.61 Å². The zero-order valence-corrected chi connectivity index (χ0v) is 9.16. The van der Waals surface area contributed by atoms with Gasteiger partial charge in [-0.15, -0.1) is 0 Å². The highest BCUT2D eigenvalue weighted by molar-refractivity contribution is 5.13. The van der Waals surface area contributed by atoms with Crippen LogP contribution in [0.2, 0.25) is 0 Å². The normalized spacial score (nSPS) is 22.1. The molecule has 0 aromatic carbocycles. The van der Waals surface area contributed by atoms with E-state index in [9.17, 15) is 0 Å². The smallest absolute Gasteiger partial charge is 0.0885 e. The van der Waals surface area contributed by atoms with Crippen LogP contribution in [0, 0.1) is 5.92 Å². The molecular weight excluding hydrogens is 176 g/mol. The molecule has 78 valence electrons. The Balaban J connectivity index is 2.27. The number of nitrogens with zero attached hydrogens (tertiary/aromatic N) is 2. The summed E-state index contributed by atoms with van der Waals surface area (Å²) < 4.78 is 7.67. The third kappa shape index (κ3) is 1.82. The van der Waals surface area contributed by atoms with E-state index in [1.165, 1.54) is 11.4 Å². The molecule has 1 atom stereocenters. The molecule has 1 aromatic heterocycles. The molecule has 0 saturated carbocycles. The summed E-state index contributed by atoms with van der Waals surface area (Å²) in [5.74, 6) is 1.07. The molecule has 0 radical (unpaired) electrons. The van der Waals surface area contributed by atoms with Gasteiger partial charge in [-0.25, -0.2) is 0 Å². The molecule has 0 amide bonds. The first-order chi connectivity index (χ1) is 6.66. The Bertz CT molecular complexity index is 317. The molecule has 3 heteroatoms. The van der Waals surface area contributed by atoms with Crippen LogP contribution in [0.1, 0.15) is 38.1 Å². The van der Waals surface area contributed by atoms with Crippen molar-refractivity contribution in [1.29, 1.82) is 0 Å². The second-order valence-corrected chi connectivity index (χ2v) is 4.52. The molecule has 14 heavy (non-hydrogen) atoms. The predicted octanol–water partition coefficient (Wildman–Crippen LogP) is 2.17. The summed E-state index contributed by atoms with van der Waals surface area (Å²) >= 11 is 0. The monoisotopic (exact) mass is 194 g/mol. The van der Waals surface area contributed by atoms with E-state index < -0.39 is 0 Å². The van der Waals surface area contributed by atoms with Gasteiger partial charge in [0.05, 0.1) is 24.6 Å². The van der Waals surface area contributed by atoms with Gasteiger partial charge in [-0.3, -0.25) is 4.68 Å². The average Bonchev–Trinajstić information content (AvgIpc) is 2.42. The average molecular weight is 194 g/mol. The van der Waals surface area contributed by atoms with Gasteiger partial charge in [0.1, 0.15) is 0 Å². The summed E-state index contributed by atoms with van der Waals surface area (Å²) in [5, 5.41) is 4.60. The van der Waals surface area contributed by atoms with Crippen LogP contribution in [0.15, 0.2) is 6.07 Å². The third-order valence-corrected chi connectivity index (χ3v) is 2.61. The van der Waals surface area contributed by atoms with Crippen molar-refractivity contribution in [3.8, 4) is 0 Å². The molecule has 1 aliphatic rings. The fourth-order valence-corrected chi connectivity index (χ4v) is 1.75. The fourth-order valence-electron chi connectivity index (χ4n) is 1.75. The molecule has 1 unspecified atom stereocenters. The number of ether oxygens (including phenoxy) is 1. The Hall–Kier alpha value is -0.830. The molecule has 3 nitrogen and oxygen atoms in total. The number of rotatable bonds is 1. The van der Waals surface area contributed by atoms with Crippen LogP contribution in [0.25, 0.3) is 0 Å². The van der Waals surface area contributed by atoms with Crippen LogP contribution >= 0.6 is 0 Å². The third-order valence-electron chi connectivity index (χ3n) is 2.61. The predicted molar refractivity (Wildman–Crippen MR) is 55.1 cm³/mol. The van der Waals surface area contributed by atoms with E-state index >= 15 is 0 Å². The standard InChI is InChI=1S/C11H18N2O/c1-8(2)11-4-10-7-14-6-9(3)5-13(10)12-11/h4,8-9H,5-7H2,1-3H3. The van der Waals surface area contributed by atoms with Gasteiger partial charge < -0.3 is 4.74 Å². The van der Waals surface area contributed by atoms with Gasteiger partial charge in [0, 0.05) is 6.54 Å². The van der Waals surface area contributed by atoms with Crippen LogP contribution < -0.4 is 0 Å². The van der Waals surface area contributed by atoms with Gasteiger partial charge in [0.25, 0.3) is 0 Å². The van der Waals surface area contributed by atoms with E-state index in [-0.39, 0.29) is 0 Å². The molecule has 0 saturated heterocycles. The van der Waals surface area contributed by atoms with Crippen LogP contribution in [0.4, 0.5) is 0 Å². The Kier molecular flexibility index (Phi) is 2.59. The van der Waals surface area contributed by atoms with Gasteiger partial charge >= 0.3 is 0 Å². The van der Waals surface area contributed by atoms with Crippen LogP contribution in [0.3, 0.4) is 0 Å². The summed E-state index contributed by atoms with van der Waals surface area (Å²) in [6.45, 7) is 9.09. The Labute approximate surface area is 85.1 Å². The van der Waals surface area contributed by atoms with Gasteiger partial charge in [0.15, 0.2) is 0 Å². The minimum atomic E-state index is 0.504. The van der Waals surface area contributed by atoms with Gasteiger partial charge in [-0.2, -0.15) is 5.10 Å². The van der Waals surface area contributed by atoms with Crippen LogP contribution in [-0.2, 0) is 17.9 Å². The molecular formula is C11H18N2O. The largest absolute Gasteiger partial charge is 0.375 e. The first-order valence-electron chi connectivity index (χ1n) is 5.31. The van der Waals surface area contributed by atoms with Crippen molar-refractivity contribution in [3.05, 3.63) is 17.5 Å². The molecule has 0 N–H and O–H groups in total. The summed E-state index contributed by atoms with van der Waals surface area (Å²) in [7, 11) is 0. The second kappa shape index (κ2) is 3.73. The highest BCUT2D eigenvalue weighted by Gasteiger charge is 2.16. The first kappa shape index (κ1) is 9.71. The minimum Gasteiger partial charge on any atom is -0.375 e. The van der Waals surface area contributed by atoms with E-state index in [2.05, 4.69) is 36.6 Å². The maximum atomic E-state index is 5.57. The molecule has 0 bridgehead atoms. The van der Waals surface area contributed by atoms with E-state index in [4.69, 9.17) is 4.74 Å². The van der Waals surface area contributed by atoms with E-state index in [0.717, 1.165) is 13.2 Å². The Morgan fingerprint density at radius 2 is 2.36 bits per heavy atom. The van der Waals surface area contributed by atoms with Crippen molar-refractivity contribution in [1.82, 2.24) is 9.78 Å². The SMILES string of the molecule is CC1COCc2cc(C(C)C)nn2C1. The summed E-state index contributed by atoms with van der Waals surface area (Å²) in [4.78, 5) is 0. The number of hydrogen-bond acceptors (Lipinski definition) is 2. The molecule has 0 aliphatic carbocycles. The summed E-state index contributed by atoms with van der Waals surface area (Å²) in [6, 6.07) is 2.17. The lowest BCUT2D eigenvalue weighted by Gasteiger charge is -2.07. The number of aromatic nitrogens is 2. The molecule has 0 fully saturated rings. The van der Waals surface area contributed by atoms with Crippen molar-refractivity contribution in [2.24, 2.45) is 5.92 Å². The van der Waals surface area contributed by atoms with Crippen molar-refractivity contribution < 1.29 is 4.74 Å². The van der Waals surface area contributed by atoms with E-state index in [1.54, 1.807) is 0 Å². The zero-order valence-electron chi connectivity index (χ0n) is 9.16. The van der Waals surface area contributed by atoms with Crippen LogP contribution in [0.5, 0.6) is 0 Å². The maximum Gasteiger partial charge on any atom is 0.0885 e. The highest BCUT2D eigenvalue weighted by Crippen LogP contribution is 2.18. The maximum absolute atomic E-state index is 5.57. The lowest BCUT2D eigenvalue weighted by Crippen LogP contribution is -2.11. The van der Waals surface area contributed by atoms with E-state index in [0.29, 0.717) is 18.4 Å². The summed E-state index contributed by atoms with van der Waals surface area (Å²) in [5.41, 5.74) is 2.40. The van der Waals surface area contributed by atoms with Gasteiger partial charge in [-0.05, 0) is 17.9 Å². The highest BCUT2D eigenvalue weighted by atomic mass is 16.5. The molecule has 0 spiro atoms. The quantitative estimate of drug-likeness (QED) is 0.685. The Morgan fingerprint density at radius 3 is 3.07 bits per heavy atom. The first-order valence-corrected chi connectivity index (χ1v) is 5.31. The van der Waals surface area contributed by atoms with Crippen molar-refractivity contribution >= 4 is 0 Å². The van der Waals surface area contributed by atoms with E-state index in [1.807, 2.05) is 0 Å². The lowest BCUT2D eigenvalue weighted by molar-refractivity contribution is 0.0999. The van der Waals surface area contributed by atoms with Crippen molar-refractivity contribution in [3.63, 3.8) is 0 Å². The fraction of sp³-hybridized carbons (Fsp3) is 0.727. The van der Waals surface area contributed by atoms with Crippen molar-refractivity contribution in [2.45, 2.75) is 39.8 Å². The zero-order chi connectivity index (χ0) is 10.1. The van der Waals surface area contributed by atoms with Gasteiger partial charge in [0.2, 0.25) is 0 Å². The molecule has 2 heterocycles. The number of fused-ring (bicyclic) bond motifs is 1. The molecule has 1 aromatic rings. The topological polar surface area (TPSA) is 27.1 Å².